The van der Waals surface area contributed by atoms with Crippen molar-refractivity contribution in [2.24, 2.45) is 71.0 Å². The van der Waals surface area contributed by atoms with Crippen LogP contribution >= 0.6 is 11.3 Å². The topological polar surface area (TPSA) is 62.3 Å². The highest BCUT2D eigenvalue weighted by Gasteiger charge is 2.65. The highest BCUT2D eigenvalue weighted by molar-refractivity contribution is 7.25. The van der Waals surface area contributed by atoms with Crippen LogP contribution in [0.5, 0.6) is 0 Å². The standard InChI is InChI=1S/C46H35NO2.C46H35NOS.C46H37NO.2CH4/c1-4-10-40-34(7-1)38-24-31(14-17-41(38)46(40)29-20-27-19-28(22-29)23-30(46)21-27)47(32-15-18-44-39(25-32)36-9-3-6-12-43(36)48-44)33-13-16-37-35-8-2-5-11-42(35)49-45(37)26-33;1-4-10-40-34(7-1)38-24-31(14-17-41(38)46(40)29-20-27-19-28(22-29)23-30(46)21-27)47(32-15-18-45-39(25-32)37-9-3-6-12-44(37)49-45)33-13-16-36-35-8-2-5-11-42(35)48-43(36)26-33;1-2-9-31(10-3-1)32-11-8-12-35(26-32)47(37-17-19-40-39-14-5-7-16-44(39)48-45(40)28-37)36-18-20-43-41(27-36)38-13-4-6-15-42(38)46(43)33-22-29-21-30(24-33)25-34(46)23-29;;/h2*1-18,24-30H,19-23H2;1-20,26-30,33-34H,21-25H2;2*1H4. The van der Waals surface area contributed by atoms with Crippen LogP contribution in [0.25, 0.3) is 152 Å². The number of hydrogen-bond donors (Lipinski definition) is 0. The monoisotopic (exact) mass is 1930 g/mol. The van der Waals surface area contributed by atoms with Crippen LogP contribution in [-0.2, 0) is 16.2 Å². The van der Waals surface area contributed by atoms with Crippen molar-refractivity contribution in [3.8, 4) is 44.5 Å². The van der Waals surface area contributed by atoms with E-state index in [1.165, 1.54) is 178 Å². The fraction of sp³-hybridized carbons (Fsp3) is 0.229. The maximum Gasteiger partial charge on any atom is 0.137 e. The van der Waals surface area contributed by atoms with Crippen molar-refractivity contribution in [3.05, 3.63) is 428 Å². The highest BCUT2D eigenvalue weighted by Crippen LogP contribution is 2.74. The van der Waals surface area contributed by atoms with Crippen LogP contribution in [0.2, 0.25) is 0 Å². The van der Waals surface area contributed by atoms with Gasteiger partial charge in [-0.2, -0.15) is 0 Å². The Morgan fingerprint density at radius 2 is 0.446 bits per heavy atom. The molecule has 7 nitrogen and oxygen atoms in total. The van der Waals surface area contributed by atoms with Crippen molar-refractivity contribution in [3.63, 3.8) is 0 Å². The third kappa shape index (κ3) is 12.6. The van der Waals surface area contributed by atoms with Crippen molar-refractivity contribution in [1.82, 2.24) is 0 Å². The maximum absolute atomic E-state index is 6.46. The minimum atomic E-state index is 0. The van der Waals surface area contributed by atoms with Gasteiger partial charge < -0.3 is 32.4 Å². The number of nitrogens with zero attached hydrogens (tertiary/aromatic N) is 3. The van der Waals surface area contributed by atoms with Crippen molar-refractivity contribution in [2.45, 2.75) is 127 Å². The average molecular weight is 1940 g/mol. The van der Waals surface area contributed by atoms with E-state index >= 15 is 0 Å². The molecule has 38 rings (SSSR count). The van der Waals surface area contributed by atoms with Crippen LogP contribution < -0.4 is 14.7 Å². The molecule has 23 aromatic rings. The average Bonchev–Trinajstić information content (AvgIpc) is 1.51. The minimum absolute atomic E-state index is 0. The first-order valence-electron chi connectivity index (χ1n) is 54.0. The van der Waals surface area contributed by atoms with E-state index in [1.54, 1.807) is 33.4 Å². The largest absolute Gasteiger partial charge is 0.456 e. The number of fused-ring (bicyclic) bond motifs is 24. The second kappa shape index (κ2) is 32.9. The molecule has 12 fully saturated rings. The normalized spacial score (nSPS) is 24.5. The van der Waals surface area contributed by atoms with E-state index < -0.39 is 0 Å². The summed E-state index contributed by atoms with van der Waals surface area (Å²) in [5.41, 5.74) is 38.7. The fourth-order valence-electron chi connectivity index (χ4n) is 33.9. The third-order valence-corrected chi connectivity index (χ3v) is 39.8. The molecule has 0 atom stereocenters. The van der Waals surface area contributed by atoms with E-state index in [4.69, 9.17) is 17.7 Å². The Morgan fingerprint density at radius 1 is 0.176 bits per heavy atom. The molecule has 15 aliphatic rings. The lowest BCUT2D eigenvalue weighted by molar-refractivity contribution is -0.0399. The molecule has 0 saturated heterocycles. The van der Waals surface area contributed by atoms with Gasteiger partial charge in [0.25, 0.3) is 0 Å². The van der Waals surface area contributed by atoms with Crippen molar-refractivity contribution < 1.29 is 17.7 Å². The number of benzene rings is 18. The van der Waals surface area contributed by atoms with Crippen LogP contribution in [-0.4, -0.2) is 0 Å². The lowest BCUT2D eigenvalue weighted by atomic mass is 9.43. The van der Waals surface area contributed by atoms with Gasteiger partial charge in [-0.1, -0.05) is 239 Å². The first-order valence-corrected chi connectivity index (χ1v) is 54.9. The Hall–Kier alpha value is -15.2. The Morgan fingerprint density at radius 3 is 0.851 bits per heavy atom. The summed E-state index contributed by atoms with van der Waals surface area (Å²) in [6.07, 6.45) is 21.2. The molecule has 0 radical (unpaired) electrons. The number of rotatable bonds is 10. The number of furan rings is 4. The molecule has 0 amide bonds. The van der Waals surface area contributed by atoms with Gasteiger partial charge in [-0.3, -0.25) is 0 Å². The van der Waals surface area contributed by atoms with Crippen LogP contribution in [0, 0.1) is 71.0 Å². The van der Waals surface area contributed by atoms with Crippen LogP contribution in [0.1, 0.15) is 145 Å². The molecule has 148 heavy (non-hydrogen) atoms. The number of hydrogen-bond acceptors (Lipinski definition) is 8. The summed E-state index contributed by atoms with van der Waals surface area (Å²) in [5.74, 6) is 10.2. The van der Waals surface area contributed by atoms with Gasteiger partial charge in [0.05, 0.1) is 0 Å². The van der Waals surface area contributed by atoms with Gasteiger partial charge in [0.2, 0.25) is 0 Å². The zero-order valence-electron chi connectivity index (χ0n) is 81.4. The number of anilines is 9. The van der Waals surface area contributed by atoms with E-state index in [2.05, 4.69) is 391 Å². The summed E-state index contributed by atoms with van der Waals surface area (Å²) in [6.45, 7) is 0. The molecule has 0 unspecified atom stereocenters. The fourth-order valence-corrected chi connectivity index (χ4v) is 35.0. The smallest absolute Gasteiger partial charge is 0.137 e. The van der Waals surface area contributed by atoms with Gasteiger partial charge in [-0.05, 0) is 397 Å². The zero-order chi connectivity index (χ0) is 95.1. The van der Waals surface area contributed by atoms with E-state index in [9.17, 15) is 0 Å². The number of thiophene rings is 1. The van der Waals surface area contributed by atoms with E-state index in [0.29, 0.717) is 0 Å². The lowest BCUT2D eigenvalue weighted by Crippen LogP contribution is -2.55. The summed E-state index contributed by atoms with van der Waals surface area (Å²) in [6, 6.07) is 146. The molecule has 12 saturated carbocycles. The van der Waals surface area contributed by atoms with Gasteiger partial charge in [-0.25, -0.2) is 0 Å². The Kier molecular flexibility index (Phi) is 19.3. The molecular formula is C140H115N3O4S. The second-order valence-corrected chi connectivity index (χ2v) is 46.7. The molecule has 18 aromatic carbocycles. The van der Waals surface area contributed by atoms with Crippen molar-refractivity contribution in [2.75, 3.05) is 14.7 Å². The molecule has 0 N–H and O–H groups in total. The van der Waals surface area contributed by atoms with Gasteiger partial charge >= 0.3 is 0 Å². The Bertz CT molecular complexity index is 8950. The molecule has 12 bridgehead atoms. The van der Waals surface area contributed by atoms with Gasteiger partial charge in [0.1, 0.15) is 44.7 Å². The minimum Gasteiger partial charge on any atom is -0.456 e. The summed E-state index contributed by atoms with van der Waals surface area (Å²) < 4.78 is 28.2. The van der Waals surface area contributed by atoms with Crippen molar-refractivity contribution >= 4 is 170 Å². The molecule has 0 aliphatic heterocycles. The predicted octanol–water partition coefficient (Wildman–Crippen LogP) is 39.5. The highest BCUT2D eigenvalue weighted by atomic mass is 32.1. The number of para-hydroxylation sites is 4. The molecule has 15 aliphatic carbocycles. The quantitative estimate of drug-likeness (QED) is 0.135. The molecule has 5 heterocycles. The van der Waals surface area contributed by atoms with E-state index in [0.717, 1.165) is 193 Å². The third-order valence-electron chi connectivity index (χ3n) is 38.7. The zero-order valence-corrected chi connectivity index (χ0v) is 82.3. The van der Waals surface area contributed by atoms with Crippen LogP contribution in [0.4, 0.5) is 51.2 Å². The summed E-state index contributed by atoms with van der Waals surface area (Å²) in [5, 5.41) is 11.8. The van der Waals surface area contributed by atoms with Crippen LogP contribution in [0.3, 0.4) is 0 Å². The molecule has 3 spiro atoms. The lowest BCUT2D eigenvalue weighted by Gasteiger charge is -2.61. The first-order chi connectivity index (χ1) is 72.2. The Labute approximate surface area is 867 Å². The molecule has 720 valence electrons. The summed E-state index contributed by atoms with van der Waals surface area (Å²) >= 11 is 1.88. The van der Waals surface area contributed by atoms with Gasteiger partial charge in [-0.15, -0.1) is 11.3 Å². The second-order valence-electron chi connectivity index (χ2n) is 45.7. The van der Waals surface area contributed by atoms with E-state index in [-0.39, 0.29) is 31.1 Å². The van der Waals surface area contributed by atoms with Gasteiger partial charge in [0.15, 0.2) is 0 Å². The molecule has 5 aromatic heterocycles. The SMILES string of the molecule is C.C.c1ccc(-c2cccc(N(c3ccc4c(c3)-c3ccccc3C43C4CC5CC(C4)CC3C5)c3ccc4c(c3)oc3ccccc34)c2)cc1.c1ccc2c(c1)-c1cc(N(c3ccc4c(c3)oc3ccccc34)c3ccc4oc5ccccc5c4c3)ccc1C21C2CC3CC(C2)CC1C3.c1ccc2c(c1)-c1cc(N(c3ccc4c(c3)oc3ccccc34)c3ccc4sc5ccccc5c4c3)ccc1C21C2CC3CC(C2)CC1C3. The summed E-state index contributed by atoms with van der Waals surface area (Å²) in [4.78, 5) is 7.31. The molecular weight excluding hydrogens is 1820 g/mol. The Balaban J connectivity index is 0.0000000997. The summed E-state index contributed by atoms with van der Waals surface area (Å²) in [7, 11) is 0. The predicted molar refractivity (Wildman–Crippen MR) is 614 cm³/mol. The first kappa shape index (κ1) is 87.0. The van der Waals surface area contributed by atoms with Crippen molar-refractivity contribution in [1.29, 1.82) is 0 Å². The van der Waals surface area contributed by atoms with Gasteiger partial charge in [0, 0.05) is 149 Å². The van der Waals surface area contributed by atoms with E-state index in [1.807, 2.05) is 29.5 Å². The van der Waals surface area contributed by atoms with Crippen LogP contribution in [0.15, 0.2) is 412 Å². The maximum atomic E-state index is 6.46. The molecule has 8 heteroatoms.